The SMILES string of the molecule is C[C@H](NC(=O)COC(=O)c1ccc2c(c1)CCCC2)c1cccc(Cl)c1. The molecule has 0 fully saturated rings. The summed E-state index contributed by atoms with van der Waals surface area (Å²) in [6.07, 6.45) is 4.40. The molecule has 1 atom stereocenters. The van der Waals surface area contributed by atoms with Crippen LogP contribution in [0.1, 0.15) is 52.9 Å². The first-order valence-electron chi connectivity index (χ1n) is 8.86. The van der Waals surface area contributed by atoms with Crippen LogP contribution in [0.5, 0.6) is 0 Å². The smallest absolute Gasteiger partial charge is 0.338 e. The van der Waals surface area contributed by atoms with Crippen LogP contribution in [0.25, 0.3) is 0 Å². The van der Waals surface area contributed by atoms with E-state index in [0.29, 0.717) is 10.6 Å². The van der Waals surface area contributed by atoms with Crippen molar-refractivity contribution in [3.05, 3.63) is 69.7 Å². The van der Waals surface area contributed by atoms with Gasteiger partial charge in [-0.15, -0.1) is 0 Å². The number of benzene rings is 2. The van der Waals surface area contributed by atoms with Gasteiger partial charge in [-0.3, -0.25) is 4.79 Å². The lowest BCUT2D eigenvalue weighted by Gasteiger charge is -2.16. The van der Waals surface area contributed by atoms with E-state index in [1.165, 1.54) is 17.5 Å². The zero-order chi connectivity index (χ0) is 18.5. The number of amides is 1. The maximum atomic E-state index is 12.2. The van der Waals surface area contributed by atoms with Crippen molar-refractivity contribution in [1.82, 2.24) is 5.32 Å². The Hall–Kier alpha value is -2.33. The molecule has 0 aromatic heterocycles. The summed E-state index contributed by atoms with van der Waals surface area (Å²) in [6.45, 7) is 1.55. The molecule has 0 saturated carbocycles. The predicted molar refractivity (Wildman–Crippen MR) is 101 cm³/mol. The minimum atomic E-state index is -0.469. The van der Waals surface area contributed by atoms with Gasteiger partial charge in [0.05, 0.1) is 11.6 Å². The monoisotopic (exact) mass is 371 g/mol. The molecule has 0 saturated heterocycles. The van der Waals surface area contributed by atoms with Crippen LogP contribution >= 0.6 is 11.6 Å². The van der Waals surface area contributed by atoms with Crippen molar-refractivity contribution in [1.29, 1.82) is 0 Å². The largest absolute Gasteiger partial charge is 0.452 e. The molecule has 0 spiro atoms. The molecule has 26 heavy (non-hydrogen) atoms. The van der Waals surface area contributed by atoms with Gasteiger partial charge in [0.25, 0.3) is 5.91 Å². The molecular formula is C21H22ClNO3. The molecule has 0 heterocycles. The van der Waals surface area contributed by atoms with E-state index in [2.05, 4.69) is 5.32 Å². The molecule has 0 bridgehead atoms. The first-order valence-corrected chi connectivity index (χ1v) is 9.24. The molecule has 2 aromatic rings. The van der Waals surface area contributed by atoms with E-state index in [0.717, 1.165) is 24.8 Å². The highest BCUT2D eigenvalue weighted by Crippen LogP contribution is 2.22. The van der Waals surface area contributed by atoms with Crippen LogP contribution in [0.2, 0.25) is 5.02 Å². The summed E-state index contributed by atoms with van der Waals surface area (Å²) in [7, 11) is 0. The first-order chi connectivity index (χ1) is 12.5. The van der Waals surface area contributed by atoms with Gasteiger partial charge in [0.1, 0.15) is 0 Å². The molecule has 5 heteroatoms. The van der Waals surface area contributed by atoms with Crippen LogP contribution < -0.4 is 5.32 Å². The van der Waals surface area contributed by atoms with Crippen molar-refractivity contribution in [2.75, 3.05) is 6.61 Å². The number of halogens is 1. The fourth-order valence-electron chi connectivity index (χ4n) is 3.22. The van der Waals surface area contributed by atoms with Gasteiger partial charge in [0, 0.05) is 5.02 Å². The Bertz CT molecular complexity index is 819. The number of hydrogen-bond donors (Lipinski definition) is 1. The predicted octanol–water partition coefficient (Wildman–Crippen LogP) is 4.25. The fourth-order valence-corrected chi connectivity index (χ4v) is 3.42. The summed E-state index contributed by atoms with van der Waals surface area (Å²) in [5, 5.41) is 3.42. The maximum absolute atomic E-state index is 12.2. The third kappa shape index (κ3) is 4.64. The Morgan fingerprint density at radius 3 is 2.65 bits per heavy atom. The average Bonchev–Trinajstić information content (AvgIpc) is 2.65. The second-order valence-electron chi connectivity index (χ2n) is 6.61. The van der Waals surface area contributed by atoms with Crippen LogP contribution in [0.4, 0.5) is 0 Å². The second-order valence-corrected chi connectivity index (χ2v) is 7.05. The van der Waals surface area contributed by atoms with E-state index in [1.54, 1.807) is 18.2 Å². The molecule has 2 aromatic carbocycles. The normalized spacial score (nSPS) is 14.2. The number of carbonyl (C=O) groups excluding carboxylic acids is 2. The summed E-state index contributed by atoms with van der Waals surface area (Å²) < 4.78 is 5.16. The molecule has 1 N–H and O–H groups in total. The van der Waals surface area contributed by atoms with E-state index in [9.17, 15) is 9.59 Å². The quantitative estimate of drug-likeness (QED) is 0.799. The number of hydrogen-bond acceptors (Lipinski definition) is 3. The number of aryl methyl sites for hydroxylation is 2. The lowest BCUT2D eigenvalue weighted by Crippen LogP contribution is -2.31. The number of ether oxygens (including phenoxy) is 1. The van der Waals surface area contributed by atoms with E-state index in [4.69, 9.17) is 16.3 Å². The molecule has 0 unspecified atom stereocenters. The van der Waals surface area contributed by atoms with Crippen LogP contribution in [-0.4, -0.2) is 18.5 Å². The van der Waals surface area contributed by atoms with Crippen molar-refractivity contribution in [3.63, 3.8) is 0 Å². The number of carbonyl (C=O) groups is 2. The lowest BCUT2D eigenvalue weighted by molar-refractivity contribution is -0.124. The summed E-state index contributed by atoms with van der Waals surface area (Å²) in [6, 6.07) is 12.7. The van der Waals surface area contributed by atoms with Crippen molar-refractivity contribution in [2.24, 2.45) is 0 Å². The highest BCUT2D eigenvalue weighted by atomic mass is 35.5. The van der Waals surface area contributed by atoms with Gasteiger partial charge in [-0.25, -0.2) is 4.79 Å². The number of nitrogens with one attached hydrogen (secondary N) is 1. The molecular weight excluding hydrogens is 350 g/mol. The molecule has 3 rings (SSSR count). The molecule has 1 aliphatic rings. The maximum Gasteiger partial charge on any atom is 0.338 e. The molecule has 136 valence electrons. The third-order valence-corrected chi connectivity index (χ3v) is 4.88. The zero-order valence-electron chi connectivity index (χ0n) is 14.8. The van der Waals surface area contributed by atoms with Crippen LogP contribution in [0.15, 0.2) is 42.5 Å². The Morgan fingerprint density at radius 1 is 1.12 bits per heavy atom. The standard InChI is InChI=1S/C21H22ClNO3/c1-14(16-7-4-8-19(22)12-16)23-20(24)13-26-21(25)18-10-9-15-5-2-3-6-17(15)11-18/h4,7-12,14H,2-3,5-6,13H2,1H3,(H,23,24)/t14-/m0/s1. The van der Waals surface area contributed by atoms with Gasteiger partial charge in [0.2, 0.25) is 0 Å². The number of rotatable bonds is 5. The fraction of sp³-hybridized carbons (Fsp3) is 0.333. The van der Waals surface area contributed by atoms with Crippen molar-refractivity contribution < 1.29 is 14.3 Å². The van der Waals surface area contributed by atoms with E-state index in [1.807, 2.05) is 31.2 Å². The van der Waals surface area contributed by atoms with Gasteiger partial charge in [-0.2, -0.15) is 0 Å². The van der Waals surface area contributed by atoms with E-state index >= 15 is 0 Å². The molecule has 1 aliphatic carbocycles. The first kappa shape index (κ1) is 18.5. The highest BCUT2D eigenvalue weighted by molar-refractivity contribution is 6.30. The lowest BCUT2D eigenvalue weighted by atomic mass is 9.90. The third-order valence-electron chi connectivity index (χ3n) is 4.64. The van der Waals surface area contributed by atoms with Crippen molar-refractivity contribution >= 4 is 23.5 Å². The zero-order valence-corrected chi connectivity index (χ0v) is 15.5. The Morgan fingerprint density at radius 2 is 1.88 bits per heavy atom. The molecule has 0 aliphatic heterocycles. The van der Waals surface area contributed by atoms with Crippen molar-refractivity contribution in [3.8, 4) is 0 Å². The topological polar surface area (TPSA) is 55.4 Å². The van der Waals surface area contributed by atoms with Gasteiger partial charge >= 0.3 is 5.97 Å². The number of esters is 1. The van der Waals surface area contributed by atoms with Crippen LogP contribution in [0.3, 0.4) is 0 Å². The molecule has 1 amide bonds. The highest BCUT2D eigenvalue weighted by Gasteiger charge is 2.16. The summed E-state index contributed by atoms with van der Waals surface area (Å²) in [4.78, 5) is 24.3. The average molecular weight is 372 g/mol. The Kier molecular flexibility index (Phi) is 5.94. The van der Waals surface area contributed by atoms with Gasteiger partial charge < -0.3 is 10.1 Å². The summed E-state index contributed by atoms with van der Waals surface area (Å²) in [5.74, 6) is -0.812. The van der Waals surface area contributed by atoms with Crippen LogP contribution in [-0.2, 0) is 22.4 Å². The minimum Gasteiger partial charge on any atom is -0.452 e. The Balaban J connectivity index is 1.53. The second kappa shape index (κ2) is 8.37. The van der Waals surface area contributed by atoms with E-state index in [-0.39, 0.29) is 18.6 Å². The summed E-state index contributed by atoms with van der Waals surface area (Å²) >= 11 is 5.96. The number of fused-ring (bicyclic) bond motifs is 1. The summed E-state index contributed by atoms with van der Waals surface area (Å²) in [5.41, 5.74) is 3.92. The Labute approximate surface area is 158 Å². The van der Waals surface area contributed by atoms with Crippen LogP contribution in [0, 0.1) is 0 Å². The molecule has 0 radical (unpaired) electrons. The van der Waals surface area contributed by atoms with Gasteiger partial charge in [-0.05, 0) is 73.6 Å². The minimum absolute atomic E-state index is 0.219. The van der Waals surface area contributed by atoms with Gasteiger partial charge in [-0.1, -0.05) is 29.8 Å². The van der Waals surface area contributed by atoms with Gasteiger partial charge in [0.15, 0.2) is 6.61 Å². The van der Waals surface area contributed by atoms with Crippen molar-refractivity contribution in [2.45, 2.75) is 38.6 Å². The van der Waals surface area contributed by atoms with E-state index < -0.39 is 5.97 Å². The molecule has 4 nitrogen and oxygen atoms in total.